The molecule has 0 spiro atoms. The van der Waals surface area contributed by atoms with Gasteiger partial charge in [0.1, 0.15) is 0 Å². The maximum absolute atomic E-state index is 10.7. The number of methoxy groups -OCH3 is 1. The summed E-state index contributed by atoms with van der Waals surface area (Å²) in [6.45, 7) is 3.81. The lowest BCUT2D eigenvalue weighted by atomic mass is 10.3. The largest absolute Gasteiger partial charge is 0.453 e. The van der Waals surface area contributed by atoms with Crippen molar-refractivity contribution in [3.05, 3.63) is 11.3 Å². The number of carbonyl (C=O) groups is 1. The molecule has 0 bridgehead atoms. The molecule has 3 nitrogen and oxygen atoms in total. The third-order valence-electron chi connectivity index (χ3n) is 1.20. The topological polar surface area (TPSA) is 38.3 Å². The molecule has 0 fully saturated rings. The Bertz CT molecular complexity index is 173. The summed E-state index contributed by atoms with van der Waals surface area (Å²) in [7, 11) is 1.33. The van der Waals surface area contributed by atoms with Gasteiger partial charge in [-0.15, -0.1) is 0 Å². The molecular formula is C7H13NO2S. The quantitative estimate of drug-likeness (QED) is 0.625. The predicted octanol–water partition coefficient (Wildman–Crippen LogP) is 1.57. The van der Waals surface area contributed by atoms with Gasteiger partial charge in [0.15, 0.2) is 0 Å². The van der Waals surface area contributed by atoms with Crippen molar-refractivity contribution in [3.63, 3.8) is 0 Å². The first kappa shape index (κ1) is 10.4. The average Bonchev–Trinajstić information content (AvgIpc) is 1.99. The van der Waals surface area contributed by atoms with E-state index in [1.54, 1.807) is 0 Å². The van der Waals surface area contributed by atoms with Crippen molar-refractivity contribution in [2.45, 2.75) is 13.8 Å². The van der Waals surface area contributed by atoms with Gasteiger partial charge in [-0.3, -0.25) is 5.32 Å². The number of nitrogens with one attached hydrogen (secondary N) is 1. The number of hydrogen-bond donors (Lipinski definition) is 2. The lowest BCUT2D eigenvalue weighted by Crippen LogP contribution is -2.24. The van der Waals surface area contributed by atoms with Crippen LogP contribution in [-0.2, 0) is 4.74 Å². The number of ether oxygens (including phenoxy) is 1. The molecule has 0 aromatic heterocycles. The fourth-order valence-corrected chi connectivity index (χ4v) is 0.892. The van der Waals surface area contributed by atoms with E-state index in [2.05, 4.69) is 22.7 Å². The molecule has 1 N–H and O–H groups in total. The molecule has 0 aliphatic rings. The van der Waals surface area contributed by atoms with E-state index in [4.69, 9.17) is 0 Å². The first-order valence-electron chi connectivity index (χ1n) is 3.24. The van der Waals surface area contributed by atoms with Gasteiger partial charge in [-0.1, -0.05) is 5.57 Å². The molecule has 11 heavy (non-hydrogen) atoms. The molecule has 0 heterocycles. The zero-order valence-electron chi connectivity index (χ0n) is 6.97. The zero-order valence-corrected chi connectivity index (χ0v) is 7.87. The van der Waals surface area contributed by atoms with Crippen molar-refractivity contribution in [2.75, 3.05) is 12.9 Å². The third kappa shape index (κ3) is 3.93. The van der Waals surface area contributed by atoms with Crippen LogP contribution in [0.3, 0.4) is 0 Å². The highest BCUT2D eigenvalue weighted by Crippen LogP contribution is 2.01. The molecule has 0 saturated heterocycles. The van der Waals surface area contributed by atoms with Gasteiger partial charge in [0.25, 0.3) is 0 Å². The Morgan fingerprint density at radius 3 is 2.36 bits per heavy atom. The normalized spacial score (nSPS) is 8.73. The van der Waals surface area contributed by atoms with Crippen LogP contribution in [0.25, 0.3) is 0 Å². The zero-order chi connectivity index (χ0) is 8.85. The fourth-order valence-electron chi connectivity index (χ4n) is 0.497. The Hall–Kier alpha value is -0.640. The molecule has 0 aliphatic heterocycles. The average molecular weight is 175 g/mol. The Labute approximate surface area is 72.2 Å². The minimum absolute atomic E-state index is 0.449. The van der Waals surface area contributed by atoms with E-state index in [1.807, 2.05) is 13.8 Å². The van der Waals surface area contributed by atoms with Gasteiger partial charge in [-0.05, 0) is 13.8 Å². The van der Waals surface area contributed by atoms with Crippen LogP contribution in [0.2, 0.25) is 0 Å². The first-order chi connectivity index (χ1) is 5.11. The second-order valence-electron chi connectivity index (χ2n) is 2.25. The molecule has 0 unspecified atom stereocenters. The van der Waals surface area contributed by atoms with Crippen molar-refractivity contribution >= 4 is 18.7 Å². The van der Waals surface area contributed by atoms with Crippen LogP contribution >= 0.6 is 12.6 Å². The Morgan fingerprint density at radius 1 is 1.55 bits per heavy atom. The maximum atomic E-state index is 10.7. The predicted molar refractivity (Wildman–Crippen MR) is 47.8 cm³/mol. The molecule has 0 aromatic carbocycles. The van der Waals surface area contributed by atoms with Gasteiger partial charge in [0, 0.05) is 11.4 Å². The van der Waals surface area contributed by atoms with Gasteiger partial charge >= 0.3 is 6.09 Å². The van der Waals surface area contributed by atoms with Crippen LogP contribution in [-0.4, -0.2) is 19.0 Å². The van der Waals surface area contributed by atoms with E-state index in [9.17, 15) is 4.79 Å². The van der Waals surface area contributed by atoms with Crippen molar-refractivity contribution in [1.29, 1.82) is 0 Å². The van der Waals surface area contributed by atoms with E-state index in [0.29, 0.717) is 5.75 Å². The highest BCUT2D eigenvalue weighted by atomic mass is 32.1. The summed E-state index contributed by atoms with van der Waals surface area (Å²) in [5.41, 5.74) is 1.82. The molecule has 0 aromatic rings. The monoisotopic (exact) mass is 175 g/mol. The van der Waals surface area contributed by atoms with Crippen molar-refractivity contribution in [3.8, 4) is 0 Å². The standard InChI is InChI=1S/C7H13NO2S/c1-5(2)6(4-11)8-7(9)10-3/h11H,4H2,1-3H3,(H,8,9). The molecule has 1 amide bonds. The van der Waals surface area contributed by atoms with Crippen molar-refractivity contribution in [1.82, 2.24) is 5.32 Å². The lowest BCUT2D eigenvalue weighted by Gasteiger charge is -2.07. The summed E-state index contributed by atoms with van der Waals surface area (Å²) in [4.78, 5) is 10.7. The second-order valence-corrected chi connectivity index (χ2v) is 2.57. The maximum Gasteiger partial charge on any atom is 0.411 e. The van der Waals surface area contributed by atoms with E-state index in [-0.39, 0.29) is 0 Å². The molecule has 0 saturated carbocycles. The van der Waals surface area contributed by atoms with Gasteiger partial charge < -0.3 is 4.74 Å². The molecule has 4 heteroatoms. The highest BCUT2D eigenvalue weighted by Gasteiger charge is 2.02. The minimum Gasteiger partial charge on any atom is -0.453 e. The number of hydrogen-bond acceptors (Lipinski definition) is 3. The van der Waals surface area contributed by atoms with E-state index >= 15 is 0 Å². The Morgan fingerprint density at radius 2 is 2.09 bits per heavy atom. The smallest absolute Gasteiger partial charge is 0.411 e. The molecule has 0 atom stereocenters. The number of allylic oxidation sites excluding steroid dienone is 1. The Balaban J connectivity index is 4.11. The summed E-state index contributed by atoms with van der Waals surface area (Å²) >= 11 is 4.04. The lowest BCUT2D eigenvalue weighted by molar-refractivity contribution is 0.174. The fraction of sp³-hybridized carbons (Fsp3) is 0.571. The molecule has 64 valence electrons. The van der Waals surface area contributed by atoms with Crippen LogP contribution < -0.4 is 5.32 Å². The van der Waals surface area contributed by atoms with E-state index in [0.717, 1.165) is 11.3 Å². The minimum atomic E-state index is -0.449. The summed E-state index contributed by atoms with van der Waals surface area (Å²) in [5, 5.41) is 2.56. The van der Waals surface area contributed by atoms with Gasteiger partial charge in [0.2, 0.25) is 0 Å². The third-order valence-corrected chi connectivity index (χ3v) is 1.52. The summed E-state index contributed by atoms with van der Waals surface area (Å²) in [5.74, 6) is 0.511. The van der Waals surface area contributed by atoms with Crippen LogP contribution in [0.5, 0.6) is 0 Å². The van der Waals surface area contributed by atoms with Crippen LogP contribution in [0, 0.1) is 0 Å². The van der Waals surface area contributed by atoms with Gasteiger partial charge in [-0.2, -0.15) is 12.6 Å². The van der Waals surface area contributed by atoms with Crippen LogP contribution in [0.4, 0.5) is 4.79 Å². The van der Waals surface area contributed by atoms with E-state index < -0.39 is 6.09 Å². The van der Waals surface area contributed by atoms with Gasteiger partial charge in [0.05, 0.1) is 7.11 Å². The molecular weight excluding hydrogens is 162 g/mol. The SMILES string of the molecule is COC(=O)NC(CS)=C(C)C. The van der Waals surface area contributed by atoms with Crippen molar-refractivity contribution in [2.24, 2.45) is 0 Å². The van der Waals surface area contributed by atoms with Crippen LogP contribution in [0.15, 0.2) is 11.3 Å². The number of thiol groups is 1. The summed E-state index contributed by atoms with van der Waals surface area (Å²) < 4.78 is 4.41. The highest BCUT2D eigenvalue weighted by molar-refractivity contribution is 7.80. The molecule has 0 rings (SSSR count). The van der Waals surface area contributed by atoms with Crippen LogP contribution in [0.1, 0.15) is 13.8 Å². The first-order valence-corrected chi connectivity index (χ1v) is 3.87. The van der Waals surface area contributed by atoms with Gasteiger partial charge in [-0.25, -0.2) is 4.79 Å². The van der Waals surface area contributed by atoms with Crippen molar-refractivity contribution < 1.29 is 9.53 Å². The summed E-state index contributed by atoms with van der Waals surface area (Å²) in [6.07, 6.45) is -0.449. The number of carbonyl (C=O) groups excluding carboxylic acids is 1. The summed E-state index contributed by atoms with van der Waals surface area (Å²) in [6, 6.07) is 0. The number of amides is 1. The number of alkyl carbamates (subject to hydrolysis) is 1. The second kappa shape index (κ2) is 5.07. The molecule has 0 aliphatic carbocycles. The number of rotatable bonds is 2. The van der Waals surface area contributed by atoms with E-state index in [1.165, 1.54) is 7.11 Å². The Kier molecular flexibility index (Phi) is 4.77. The molecule has 0 radical (unpaired) electrons.